The molecular weight excluding hydrogens is 330 g/mol. The predicted octanol–water partition coefficient (Wildman–Crippen LogP) is 3.47. The Kier molecular flexibility index (Phi) is 7.12. The monoisotopic (exact) mass is 351 g/mol. The van der Waals surface area contributed by atoms with Gasteiger partial charge in [-0.15, -0.1) is 0 Å². The van der Waals surface area contributed by atoms with Crippen molar-refractivity contribution in [3.05, 3.63) is 65.7 Å². The molecule has 0 radical (unpaired) electrons. The fourth-order valence-electron chi connectivity index (χ4n) is 2.18. The van der Waals surface area contributed by atoms with Crippen molar-refractivity contribution in [2.45, 2.75) is 13.8 Å². The lowest BCUT2D eigenvalue weighted by Gasteiger charge is -2.11. The molecule has 2 amide bonds. The van der Waals surface area contributed by atoms with E-state index in [1.807, 2.05) is 43.3 Å². The van der Waals surface area contributed by atoms with E-state index in [1.165, 1.54) is 13.1 Å². The minimum Gasteiger partial charge on any atom is -0.493 e. The van der Waals surface area contributed by atoms with Crippen molar-refractivity contribution < 1.29 is 14.3 Å². The zero-order chi connectivity index (χ0) is 18.8. The van der Waals surface area contributed by atoms with Gasteiger partial charge in [0, 0.05) is 24.9 Å². The second kappa shape index (κ2) is 9.78. The third kappa shape index (κ3) is 5.90. The number of rotatable bonds is 7. The van der Waals surface area contributed by atoms with Crippen LogP contribution < -0.4 is 15.5 Å². The highest BCUT2D eigenvalue weighted by molar-refractivity contribution is 5.98. The Morgan fingerprint density at radius 1 is 1.15 bits per heavy atom. The van der Waals surface area contributed by atoms with Gasteiger partial charge >= 0.3 is 0 Å². The SMILES string of the molecule is CCOc1cc(NC(C)=O)ccc1C(=O)N/N=C/C=C/c1ccccc1. The molecule has 0 spiro atoms. The second-order valence-electron chi connectivity index (χ2n) is 5.31. The number of allylic oxidation sites excluding steroid dienone is 1. The molecule has 0 aliphatic heterocycles. The number of hydrogen-bond acceptors (Lipinski definition) is 4. The first kappa shape index (κ1) is 18.9. The summed E-state index contributed by atoms with van der Waals surface area (Å²) in [7, 11) is 0. The summed E-state index contributed by atoms with van der Waals surface area (Å²) in [6, 6.07) is 14.6. The van der Waals surface area contributed by atoms with Gasteiger partial charge in [-0.2, -0.15) is 5.10 Å². The van der Waals surface area contributed by atoms with Gasteiger partial charge in [0.2, 0.25) is 5.91 Å². The van der Waals surface area contributed by atoms with Crippen molar-refractivity contribution in [1.82, 2.24) is 5.43 Å². The molecule has 0 unspecified atom stereocenters. The Balaban J connectivity index is 2.02. The molecular formula is C20H21N3O3. The summed E-state index contributed by atoms with van der Waals surface area (Å²) in [6.07, 6.45) is 5.11. The number of nitrogens with zero attached hydrogens (tertiary/aromatic N) is 1. The van der Waals surface area contributed by atoms with E-state index in [1.54, 1.807) is 24.3 Å². The quantitative estimate of drug-likeness (QED) is 0.592. The van der Waals surface area contributed by atoms with Gasteiger partial charge in [-0.1, -0.05) is 36.4 Å². The van der Waals surface area contributed by atoms with Gasteiger partial charge < -0.3 is 10.1 Å². The lowest BCUT2D eigenvalue weighted by Crippen LogP contribution is -2.19. The maximum Gasteiger partial charge on any atom is 0.275 e. The third-order valence-corrected chi connectivity index (χ3v) is 3.26. The predicted molar refractivity (Wildman–Crippen MR) is 103 cm³/mol. The lowest BCUT2D eigenvalue weighted by atomic mass is 10.1. The van der Waals surface area contributed by atoms with E-state index in [0.29, 0.717) is 23.6 Å². The first-order valence-corrected chi connectivity index (χ1v) is 8.19. The van der Waals surface area contributed by atoms with Crippen LogP contribution in [-0.4, -0.2) is 24.6 Å². The molecule has 2 N–H and O–H groups in total. The molecule has 0 aromatic heterocycles. The summed E-state index contributed by atoms with van der Waals surface area (Å²) in [4.78, 5) is 23.4. The summed E-state index contributed by atoms with van der Waals surface area (Å²) in [6.45, 7) is 3.63. The highest BCUT2D eigenvalue weighted by atomic mass is 16.5. The number of ether oxygens (including phenoxy) is 1. The molecule has 0 aliphatic rings. The molecule has 0 bridgehead atoms. The Hall–Kier alpha value is -3.41. The fraction of sp³-hybridized carbons (Fsp3) is 0.150. The molecule has 26 heavy (non-hydrogen) atoms. The maximum atomic E-state index is 12.3. The second-order valence-corrected chi connectivity index (χ2v) is 5.31. The van der Waals surface area contributed by atoms with Crippen LogP contribution in [0.25, 0.3) is 6.08 Å². The molecule has 0 saturated heterocycles. The Labute approximate surface area is 152 Å². The van der Waals surface area contributed by atoms with Gasteiger partial charge in [0.05, 0.1) is 12.2 Å². The first-order chi connectivity index (χ1) is 12.6. The van der Waals surface area contributed by atoms with E-state index in [-0.39, 0.29) is 5.91 Å². The van der Waals surface area contributed by atoms with Crippen LogP contribution in [0.5, 0.6) is 5.75 Å². The Morgan fingerprint density at radius 2 is 1.92 bits per heavy atom. The Bertz CT molecular complexity index is 814. The molecule has 0 fully saturated rings. The van der Waals surface area contributed by atoms with Crippen molar-refractivity contribution in [2.75, 3.05) is 11.9 Å². The van der Waals surface area contributed by atoms with Gasteiger partial charge in [-0.3, -0.25) is 9.59 Å². The molecule has 134 valence electrons. The van der Waals surface area contributed by atoms with Crippen LogP contribution in [-0.2, 0) is 4.79 Å². The number of benzene rings is 2. The van der Waals surface area contributed by atoms with Gasteiger partial charge in [0.1, 0.15) is 5.75 Å². The standard InChI is InChI=1S/C20H21N3O3/c1-3-26-19-14-17(22-15(2)24)11-12-18(19)20(25)23-21-13-7-10-16-8-5-4-6-9-16/h4-14H,3H2,1-2H3,(H,22,24)(H,23,25)/b10-7+,21-13+. The summed E-state index contributed by atoms with van der Waals surface area (Å²) in [5, 5.41) is 6.55. The van der Waals surface area contributed by atoms with Crippen LogP contribution in [0.2, 0.25) is 0 Å². The van der Waals surface area contributed by atoms with Crippen LogP contribution in [0, 0.1) is 0 Å². The van der Waals surface area contributed by atoms with E-state index in [2.05, 4.69) is 15.8 Å². The molecule has 2 aromatic carbocycles. The van der Waals surface area contributed by atoms with E-state index in [4.69, 9.17) is 4.74 Å². The number of anilines is 1. The van der Waals surface area contributed by atoms with Crippen molar-refractivity contribution in [1.29, 1.82) is 0 Å². The summed E-state index contributed by atoms with van der Waals surface area (Å²) in [5.74, 6) is -0.210. The van der Waals surface area contributed by atoms with E-state index >= 15 is 0 Å². The number of nitrogens with one attached hydrogen (secondary N) is 2. The molecule has 6 heteroatoms. The normalized spacial score (nSPS) is 10.8. The smallest absolute Gasteiger partial charge is 0.275 e. The average Bonchev–Trinajstić information content (AvgIpc) is 2.62. The molecule has 2 rings (SSSR count). The zero-order valence-electron chi connectivity index (χ0n) is 14.7. The van der Waals surface area contributed by atoms with Crippen molar-refractivity contribution in [3.8, 4) is 5.75 Å². The van der Waals surface area contributed by atoms with Crippen LogP contribution in [0.4, 0.5) is 5.69 Å². The fourth-order valence-corrected chi connectivity index (χ4v) is 2.18. The summed E-state index contributed by atoms with van der Waals surface area (Å²) >= 11 is 0. The van der Waals surface area contributed by atoms with Crippen LogP contribution in [0.1, 0.15) is 29.8 Å². The molecule has 0 atom stereocenters. The van der Waals surface area contributed by atoms with Gasteiger partial charge in [-0.05, 0) is 30.7 Å². The number of hydrogen-bond donors (Lipinski definition) is 2. The number of carbonyl (C=O) groups excluding carboxylic acids is 2. The largest absolute Gasteiger partial charge is 0.493 e. The average molecular weight is 351 g/mol. The van der Waals surface area contributed by atoms with Gasteiger partial charge in [-0.25, -0.2) is 5.43 Å². The minimum absolute atomic E-state index is 0.195. The first-order valence-electron chi connectivity index (χ1n) is 8.19. The number of amides is 2. The summed E-state index contributed by atoms with van der Waals surface area (Å²) in [5.41, 5.74) is 4.40. The van der Waals surface area contributed by atoms with Crippen LogP contribution in [0.15, 0.2) is 59.7 Å². The van der Waals surface area contributed by atoms with Crippen LogP contribution in [0.3, 0.4) is 0 Å². The van der Waals surface area contributed by atoms with E-state index in [0.717, 1.165) is 5.56 Å². The van der Waals surface area contributed by atoms with Crippen molar-refractivity contribution >= 4 is 29.8 Å². The maximum absolute atomic E-state index is 12.3. The minimum atomic E-state index is -0.396. The number of hydrazone groups is 1. The lowest BCUT2D eigenvalue weighted by molar-refractivity contribution is -0.114. The van der Waals surface area contributed by atoms with Crippen molar-refractivity contribution in [2.24, 2.45) is 5.10 Å². The molecule has 6 nitrogen and oxygen atoms in total. The van der Waals surface area contributed by atoms with Crippen molar-refractivity contribution in [3.63, 3.8) is 0 Å². The molecule has 0 heterocycles. The molecule has 2 aromatic rings. The Morgan fingerprint density at radius 3 is 2.62 bits per heavy atom. The molecule has 0 saturated carbocycles. The zero-order valence-corrected chi connectivity index (χ0v) is 14.7. The van der Waals surface area contributed by atoms with Crippen LogP contribution >= 0.6 is 0 Å². The number of carbonyl (C=O) groups is 2. The van der Waals surface area contributed by atoms with Gasteiger partial charge in [0.15, 0.2) is 0 Å². The van der Waals surface area contributed by atoms with Gasteiger partial charge in [0.25, 0.3) is 5.91 Å². The van der Waals surface area contributed by atoms with E-state index < -0.39 is 5.91 Å². The highest BCUT2D eigenvalue weighted by Gasteiger charge is 2.13. The van der Waals surface area contributed by atoms with E-state index in [9.17, 15) is 9.59 Å². The third-order valence-electron chi connectivity index (χ3n) is 3.26. The molecule has 0 aliphatic carbocycles. The topological polar surface area (TPSA) is 79.8 Å². The highest BCUT2D eigenvalue weighted by Crippen LogP contribution is 2.23. The summed E-state index contributed by atoms with van der Waals surface area (Å²) < 4.78 is 5.49.